The Morgan fingerprint density at radius 3 is 2.73 bits per heavy atom. The van der Waals surface area contributed by atoms with E-state index in [0.29, 0.717) is 12.4 Å². The summed E-state index contributed by atoms with van der Waals surface area (Å²) < 4.78 is 6.74. The summed E-state index contributed by atoms with van der Waals surface area (Å²) in [7, 11) is 1.60. The molecule has 1 heterocycles. The van der Waals surface area contributed by atoms with Crippen LogP contribution in [0.5, 0.6) is 11.5 Å². The van der Waals surface area contributed by atoms with Crippen LogP contribution in [0.15, 0.2) is 53.3 Å². The Balaban J connectivity index is 1.98. The molecular weight excluding hydrogens is 282 g/mol. The molecule has 0 aliphatic carbocycles. The molecule has 112 valence electrons. The van der Waals surface area contributed by atoms with Crippen LogP contribution in [0.4, 0.5) is 0 Å². The van der Waals surface area contributed by atoms with Crippen LogP contribution in [-0.2, 0) is 6.54 Å². The zero-order valence-electron chi connectivity index (χ0n) is 12.0. The van der Waals surface area contributed by atoms with Gasteiger partial charge in [0.1, 0.15) is 11.5 Å². The maximum Gasteiger partial charge on any atom is 0.343 e. The number of nitrogens with one attached hydrogen (secondary N) is 1. The minimum Gasteiger partial charge on any atom is -0.508 e. The fourth-order valence-electron chi connectivity index (χ4n) is 2.25. The zero-order valence-corrected chi connectivity index (χ0v) is 12.0. The molecule has 0 aliphatic rings. The molecular formula is C16H15N3O3. The molecule has 1 aromatic heterocycles. The molecule has 6 nitrogen and oxygen atoms in total. The fraction of sp³-hybridized carbons (Fsp3) is 0.125. The summed E-state index contributed by atoms with van der Waals surface area (Å²) in [5.74, 6) is 1.43. The molecule has 0 radical (unpaired) electrons. The Morgan fingerprint density at radius 1 is 1.23 bits per heavy atom. The number of methoxy groups -OCH3 is 1. The van der Waals surface area contributed by atoms with Crippen LogP contribution in [0, 0.1) is 0 Å². The lowest BCUT2D eigenvalue weighted by Gasteiger charge is -2.07. The van der Waals surface area contributed by atoms with Gasteiger partial charge in [-0.1, -0.05) is 12.1 Å². The summed E-state index contributed by atoms with van der Waals surface area (Å²) in [4.78, 5) is 12.0. The van der Waals surface area contributed by atoms with Gasteiger partial charge in [0.05, 0.1) is 13.7 Å². The van der Waals surface area contributed by atoms with E-state index in [4.69, 9.17) is 4.74 Å². The van der Waals surface area contributed by atoms with Crippen LogP contribution in [0.1, 0.15) is 5.56 Å². The third kappa shape index (κ3) is 2.71. The van der Waals surface area contributed by atoms with Crippen molar-refractivity contribution in [3.8, 4) is 22.9 Å². The van der Waals surface area contributed by atoms with E-state index >= 15 is 0 Å². The Hall–Kier alpha value is -3.02. The summed E-state index contributed by atoms with van der Waals surface area (Å²) in [5.41, 5.74) is 1.40. The van der Waals surface area contributed by atoms with Crippen LogP contribution in [0.25, 0.3) is 11.4 Å². The molecule has 0 fully saturated rings. The lowest BCUT2D eigenvalue weighted by molar-refractivity contribution is 0.414. The van der Waals surface area contributed by atoms with Crippen LogP contribution >= 0.6 is 0 Å². The van der Waals surface area contributed by atoms with Gasteiger partial charge in [0.2, 0.25) is 0 Å². The van der Waals surface area contributed by atoms with Crippen molar-refractivity contribution in [2.75, 3.05) is 7.11 Å². The first-order valence-corrected chi connectivity index (χ1v) is 6.75. The Bertz CT molecular complexity index is 834. The molecule has 0 bridgehead atoms. The second-order valence-corrected chi connectivity index (χ2v) is 4.84. The van der Waals surface area contributed by atoms with Gasteiger partial charge < -0.3 is 9.84 Å². The summed E-state index contributed by atoms with van der Waals surface area (Å²) in [5, 5.41) is 15.9. The van der Waals surface area contributed by atoms with Gasteiger partial charge in [-0.2, -0.15) is 5.10 Å². The number of H-pyrrole nitrogens is 1. The summed E-state index contributed by atoms with van der Waals surface area (Å²) in [6.07, 6.45) is 0. The minimum atomic E-state index is -0.286. The number of hydrogen-bond donors (Lipinski definition) is 2. The molecule has 0 atom stereocenters. The van der Waals surface area contributed by atoms with Gasteiger partial charge >= 0.3 is 5.69 Å². The number of hydrogen-bond acceptors (Lipinski definition) is 4. The number of ether oxygens (including phenoxy) is 1. The third-order valence-corrected chi connectivity index (χ3v) is 3.36. The maximum absolute atomic E-state index is 12.0. The largest absolute Gasteiger partial charge is 0.508 e. The fourth-order valence-corrected chi connectivity index (χ4v) is 2.25. The van der Waals surface area contributed by atoms with Crippen LogP contribution in [0.3, 0.4) is 0 Å². The molecule has 0 amide bonds. The van der Waals surface area contributed by atoms with Crippen molar-refractivity contribution in [3.63, 3.8) is 0 Å². The zero-order chi connectivity index (χ0) is 15.5. The number of aromatic amines is 1. The molecule has 0 saturated carbocycles. The molecule has 2 N–H and O–H groups in total. The van der Waals surface area contributed by atoms with Gasteiger partial charge in [-0.05, 0) is 42.0 Å². The Morgan fingerprint density at radius 2 is 2.00 bits per heavy atom. The molecule has 2 aromatic carbocycles. The van der Waals surface area contributed by atoms with E-state index in [0.717, 1.165) is 16.9 Å². The van der Waals surface area contributed by atoms with E-state index in [1.807, 2.05) is 24.3 Å². The molecule has 0 saturated heterocycles. The molecule has 0 unspecified atom stereocenters. The SMILES string of the molecule is COc1cccc(Cn2c(-c3ccc(O)cc3)n[nH]c2=O)c1. The Kier molecular flexibility index (Phi) is 3.65. The number of nitrogens with zero attached hydrogens (tertiary/aromatic N) is 2. The predicted molar refractivity (Wildman–Crippen MR) is 82.0 cm³/mol. The van der Waals surface area contributed by atoms with E-state index in [1.165, 1.54) is 0 Å². The number of phenols is 1. The highest BCUT2D eigenvalue weighted by Gasteiger charge is 2.11. The second kappa shape index (κ2) is 5.77. The van der Waals surface area contributed by atoms with Gasteiger partial charge in [0.15, 0.2) is 5.82 Å². The molecule has 22 heavy (non-hydrogen) atoms. The van der Waals surface area contributed by atoms with Gasteiger partial charge in [0.25, 0.3) is 0 Å². The first-order chi connectivity index (χ1) is 10.7. The standard InChI is InChI=1S/C16H15N3O3/c1-22-14-4-2-3-11(9-14)10-19-15(17-18-16(19)21)12-5-7-13(20)8-6-12/h2-9,20H,10H2,1H3,(H,18,21). The molecule has 0 aliphatic heterocycles. The smallest absolute Gasteiger partial charge is 0.343 e. The van der Waals surface area contributed by atoms with Gasteiger partial charge in [0, 0.05) is 5.56 Å². The monoisotopic (exact) mass is 297 g/mol. The molecule has 6 heteroatoms. The quantitative estimate of drug-likeness (QED) is 0.772. The van der Waals surface area contributed by atoms with E-state index in [-0.39, 0.29) is 11.4 Å². The van der Waals surface area contributed by atoms with Crippen molar-refractivity contribution < 1.29 is 9.84 Å². The van der Waals surface area contributed by atoms with Crippen LogP contribution in [-0.4, -0.2) is 27.0 Å². The average Bonchev–Trinajstić information content (AvgIpc) is 2.89. The van der Waals surface area contributed by atoms with Crippen molar-refractivity contribution >= 4 is 0 Å². The van der Waals surface area contributed by atoms with E-state index in [2.05, 4.69) is 10.2 Å². The van der Waals surface area contributed by atoms with Crippen LogP contribution in [0.2, 0.25) is 0 Å². The lowest BCUT2D eigenvalue weighted by atomic mass is 10.2. The van der Waals surface area contributed by atoms with Crippen molar-refractivity contribution in [1.82, 2.24) is 14.8 Å². The van der Waals surface area contributed by atoms with Crippen molar-refractivity contribution in [2.24, 2.45) is 0 Å². The molecule has 3 aromatic rings. The van der Waals surface area contributed by atoms with Gasteiger partial charge in [-0.15, -0.1) is 0 Å². The third-order valence-electron chi connectivity index (χ3n) is 3.36. The van der Waals surface area contributed by atoms with E-state index in [9.17, 15) is 9.90 Å². The molecule has 3 rings (SSSR count). The Labute approximate surface area is 126 Å². The first-order valence-electron chi connectivity index (χ1n) is 6.75. The number of aromatic hydroxyl groups is 1. The highest BCUT2D eigenvalue weighted by molar-refractivity contribution is 5.56. The average molecular weight is 297 g/mol. The van der Waals surface area contributed by atoms with Crippen molar-refractivity contribution in [2.45, 2.75) is 6.54 Å². The maximum atomic E-state index is 12.0. The number of phenolic OH excluding ortho intramolecular Hbond substituents is 1. The normalized spacial score (nSPS) is 10.6. The van der Waals surface area contributed by atoms with Gasteiger partial charge in [-0.3, -0.25) is 4.57 Å². The second-order valence-electron chi connectivity index (χ2n) is 4.84. The number of rotatable bonds is 4. The number of aromatic nitrogens is 3. The predicted octanol–water partition coefficient (Wildman–Crippen LogP) is 2.00. The van der Waals surface area contributed by atoms with E-state index < -0.39 is 0 Å². The first kappa shape index (κ1) is 13.9. The van der Waals surface area contributed by atoms with Crippen LogP contribution < -0.4 is 10.4 Å². The lowest BCUT2D eigenvalue weighted by Crippen LogP contribution is -2.18. The summed E-state index contributed by atoms with van der Waals surface area (Å²) >= 11 is 0. The summed E-state index contributed by atoms with van der Waals surface area (Å²) in [6, 6.07) is 14.1. The summed E-state index contributed by atoms with van der Waals surface area (Å²) in [6.45, 7) is 0.378. The van der Waals surface area contributed by atoms with Crippen molar-refractivity contribution in [3.05, 3.63) is 64.6 Å². The highest BCUT2D eigenvalue weighted by atomic mass is 16.5. The topological polar surface area (TPSA) is 80.1 Å². The van der Waals surface area contributed by atoms with Gasteiger partial charge in [-0.25, -0.2) is 9.89 Å². The molecule has 0 spiro atoms. The van der Waals surface area contributed by atoms with E-state index in [1.54, 1.807) is 35.9 Å². The minimum absolute atomic E-state index is 0.168. The number of benzene rings is 2. The highest BCUT2D eigenvalue weighted by Crippen LogP contribution is 2.20. The van der Waals surface area contributed by atoms with Crippen molar-refractivity contribution in [1.29, 1.82) is 0 Å².